The van der Waals surface area contributed by atoms with Crippen molar-refractivity contribution in [2.75, 3.05) is 50.7 Å². The van der Waals surface area contributed by atoms with E-state index in [-0.39, 0.29) is 0 Å². The maximum atomic E-state index is 12.8. The van der Waals surface area contributed by atoms with Gasteiger partial charge in [0.2, 0.25) is 0 Å². The van der Waals surface area contributed by atoms with Crippen LogP contribution in [0.4, 0.5) is 45.2 Å². The number of Topliss-reactive ketones (excluding diaryl/α,β-unsaturated/α-hetero) is 1. The fourth-order valence-electron chi connectivity index (χ4n) is 5.15. The lowest BCUT2D eigenvalue weighted by molar-refractivity contribution is -0.193. The van der Waals surface area contributed by atoms with Crippen LogP contribution in [0.25, 0.3) is 10.8 Å². The molecule has 0 saturated carbocycles. The van der Waals surface area contributed by atoms with Gasteiger partial charge in [0, 0.05) is 49.2 Å². The Kier molecular flexibility index (Phi) is 16.5. The molecule has 5 rings (SSSR count). The molecule has 0 aliphatic carbocycles. The second kappa shape index (κ2) is 19.8. The molecule has 1 saturated heterocycles. The first kappa shape index (κ1) is 44.3. The number of carboxylic acids is 3. The van der Waals surface area contributed by atoms with Crippen LogP contribution >= 0.6 is 0 Å². The number of fused-ring (bicyclic) bond motifs is 2. The molecule has 3 aromatic carbocycles. The summed E-state index contributed by atoms with van der Waals surface area (Å²) in [6, 6.07) is 21.6. The molecule has 292 valence electrons. The Labute approximate surface area is 296 Å². The monoisotopic (exact) mass is 769 g/mol. The van der Waals surface area contributed by atoms with E-state index < -0.39 is 36.4 Å². The number of hydrogen-bond donors (Lipinski definition) is 4. The maximum Gasteiger partial charge on any atom is 0.490 e. The summed E-state index contributed by atoms with van der Waals surface area (Å²) >= 11 is 0. The van der Waals surface area contributed by atoms with Gasteiger partial charge in [-0.05, 0) is 67.5 Å². The van der Waals surface area contributed by atoms with Crippen molar-refractivity contribution in [3.05, 3.63) is 77.4 Å². The molecule has 0 radical (unpaired) electrons. The van der Waals surface area contributed by atoms with E-state index in [0.717, 1.165) is 70.6 Å². The van der Waals surface area contributed by atoms with E-state index in [0.29, 0.717) is 12.2 Å². The lowest BCUT2D eigenvalue weighted by Crippen LogP contribution is -2.46. The van der Waals surface area contributed by atoms with Crippen LogP contribution in [0, 0.1) is 0 Å². The first-order valence-corrected chi connectivity index (χ1v) is 15.8. The number of ketones is 1. The van der Waals surface area contributed by atoms with Crippen LogP contribution in [-0.2, 0) is 27.2 Å². The van der Waals surface area contributed by atoms with E-state index in [2.05, 4.69) is 69.7 Å². The highest BCUT2D eigenvalue weighted by molar-refractivity contribution is 5.96. The summed E-state index contributed by atoms with van der Waals surface area (Å²) in [5, 5.41) is 27.5. The minimum absolute atomic E-state index is 0.291. The number of rotatable bonds is 6. The van der Waals surface area contributed by atoms with Crippen LogP contribution in [0.5, 0.6) is 0 Å². The van der Waals surface area contributed by atoms with E-state index in [1.165, 1.54) is 27.6 Å². The highest BCUT2D eigenvalue weighted by Crippen LogP contribution is 2.27. The number of benzene rings is 3. The average molecular weight is 770 g/mol. The zero-order valence-electron chi connectivity index (χ0n) is 27.8. The fraction of sp³-hybridized carbons (Fsp3) is 0.412. The third-order valence-electron chi connectivity index (χ3n) is 7.76. The number of piperazine rings is 1. The average Bonchev–Trinajstić information content (AvgIpc) is 3.33. The second-order valence-corrected chi connectivity index (χ2v) is 11.5. The van der Waals surface area contributed by atoms with Crippen molar-refractivity contribution in [3.8, 4) is 0 Å². The third kappa shape index (κ3) is 15.3. The van der Waals surface area contributed by atoms with Gasteiger partial charge in [-0.25, -0.2) is 14.4 Å². The number of carboxylic acid groups (broad SMARTS) is 3. The highest BCUT2D eigenvalue weighted by atomic mass is 19.4. The van der Waals surface area contributed by atoms with Crippen molar-refractivity contribution in [1.82, 2.24) is 10.2 Å². The van der Waals surface area contributed by atoms with Gasteiger partial charge >= 0.3 is 36.4 Å². The molecule has 0 atom stereocenters. The molecular formula is C34H36F9N3O7. The summed E-state index contributed by atoms with van der Waals surface area (Å²) in [5.74, 6) is -7.98. The molecule has 3 aromatic rings. The van der Waals surface area contributed by atoms with Crippen molar-refractivity contribution in [1.29, 1.82) is 0 Å². The second-order valence-electron chi connectivity index (χ2n) is 11.5. The molecule has 0 spiro atoms. The van der Waals surface area contributed by atoms with Gasteiger partial charge in [-0.1, -0.05) is 48.5 Å². The molecular weight excluding hydrogens is 733 g/mol. The predicted octanol–water partition coefficient (Wildman–Crippen LogP) is 6.21. The molecule has 0 bridgehead atoms. The standard InChI is InChI=1S/C28H33N3O.3C2HF3O2/c32-28(25-11-10-22-12-14-29-15-13-24(22)21-25)9-4-16-30-17-19-31(20-18-30)27-8-3-6-23-5-1-2-7-26(23)27;3*3-2(4,5)1(6)7/h1-3,5-8,10-11,21,29H,4,9,12-20H2;3*(H,6,7). The minimum Gasteiger partial charge on any atom is -0.475 e. The number of carbonyl (C=O) groups is 4. The number of aliphatic carboxylic acids is 3. The lowest BCUT2D eigenvalue weighted by atomic mass is 9.97. The van der Waals surface area contributed by atoms with Gasteiger partial charge in [0.05, 0.1) is 0 Å². The number of hydrogen-bond acceptors (Lipinski definition) is 7. The van der Waals surface area contributed by atoms with E-state index in [9.17, 15) is 44.3 Å². The van der Waals surface area contributed by atoms with E-state index in [1.807, 2.05) is 6.07 Å². The summed E-state index contributed by atoms with van der Waals surface area (Å²) in [6.07, 6.45) is -11.6. The Hall–Kier alpha value is -4.91. The van der Waals surface area contributed by atoms with Crippen molar-refractivity contribution in [3.63, 3.8) is 0 Å². The lowest BCUT2D eigenvalue weighted by Gasteiger charge is -2.36. The minimum atomic E-state index is -5.08. The van der Waals surface area contributed by atoms with Crippen LogP contribution < -0.4 is 10.2 Å². The number of carbonyl (C=O) groups excluding carboxylic acids is 1. The van der Waals surface area contributed by atoms with Crippen LogP contribution in [0.3, 0.4) is 0 Å². The van der Waals surface area contributed by atoms with Crippen molar-refractivity contribution in [2.45, 2.75) is 44.2 Å². The Morgan fingerprint density at radius 2 is 1.13 bits per heavy atom. The number of anilines is 1. The van der Waals surface area contributed by atoms with Gasteiger partial charge in [-0.3, -0.25) is 9.69 Å². The molecule has 2 aliphatic rings. The topological polar surface area (TPSA) is 147 Å². The van der Waals surface area contributed by atoms with Gasteiger partial charge < -0.3 is 25.5 Å². The zero-order chi connectivity index (χ0) is 40.0. The maximum absolute atomic E-state index is 12.8. The molecule has 0 amide bonds. The summed E-state index contributed by atoms with van der Waals surface area (Å²) in [6.45, 7) is 7.25. The molecule has 1 fully saturated rings. The van der Waals surface area contributed by atoms with E-state index in [1.54, 1.807) is 0 Å². The molecule has 2 heterocycles. The number of alkyl halides is 9. The SMILES string of the molecule is O=C(CCCN1CCN(c2cccc3ccccc23)CC1)c1ccc2c(c1)CCNCC2.O=C(O)C(F)(F)F.O=C(O)C(F)(F)F.O=C(O)C(F)(F)F. The van der Waals surface area contributed by atoms with Crippen LogP contribution in [0.1, 0.15) is 34.3 Å². The number of nitrogens with zero attached hydrogens (tertiary/aromatic N) is 2. The van der Waals surface area contributed by atoms with Gasteiger partial charge in [-0.2, -0.15) is 39.5 Å². The van der Waals surface area contributed by atoms with Crippen molar-refractivity contribution in [2.24, 2.45) is 0 Å². The quantitative estimate of drug-likeness (QED) is 0.169. The molecule has 0 aromatic heterocycles. The smallest absolute Gasteiger partial charge is 0.475 e. The first-order chi connectivity index (χ1) is 24.6. The van der Waals surface area contributed by atoms with Crippen LogP contribution in [0.15, 0.2) is 60.7 Å². The molecule has 4 N–H and O–H groups in total. The van der Waals surface area contributed by atoms with Gasteiger partial charge in [0.15, 0.2) is 5.78 Å². The highest BCUT2D eigenvalue weighted by Gasteiger charge is 2.39. The summed E-state index contributed by atoms with van der Waals surface area (Å²) in [7, 11) is 0. The van der Waals surface area contributed by atoms with Crippen LogP contribution in [-0.4, -0.2) is 108 Å². The molecule has 53 heavy (non-hydrogen) atoms. The Morgan fingerprint density at radius 1 is 0.642 bits per heavy atom. The first-order valence-electron chi connectivity index (χ1n) is 15.8. The Balaban J connectivity index is 0.000000379. The normalized spacial score (nSPS) is 14.8. The Bertz CT molecular complexity index is 1630. The molecule has 2 aliphatic heterocycles. The number of halogens is 9. The van der Waals surface area contributed by atoms with Crippen LogP contribution in [0.2, 0.25) is 0 Å². The molecule has 0 unspecified atom stereocenters. The van der Waals surface area contributed by atoms with Crippen molar-refractivity contribution >= 4 is 40.2 Å². The summed E-state index contributed by atoms with van der Waals surface area (Å²) in [4.78, 5) is 44.5. The van der Waals surface area contributed by atoms with Gasteiger partial charge in [0.25, 0.3) is 0 Å². The summed E-state index contributed by atoms with van der Waals surface area (Å²) in [5.41, 5.74) is 4.99. The predicted molar refractivity (Wildman–Crippen MR) is 174 cm³/mol. The summed E-state index contributed by atoms with van der Waals surface area (Å²) < 4.78 is 95.2. The third-order valence-corrected chi connectivity index (χ3v) is 7.76. The van der Waals surface area contributed by atoms with E-state index in [4.69, 9.17) is 29.7 Å². The van der Waals surface area contributed by atoms with E-state index >= 15 is 0 Å². The number of nitrogens with one attached hydrogen (secondary N) is 1. The largest absolute Gasteiger partial charge is 0.490 e. The fourth-order valence-corrected chi connectivity index (χ4v) is 5.15. The zero-order valence-corrected chi connectivity index (χ0v) is 27.8. The van der Waals surface area contributed by atoms with Gasteiger partial charge in [-0.15, -0.1) is 0 Å². The Morgan fingerprint density at radius 3 is 1.66 bits per heavy atom. The molecule has 19 heteroatoms. The van der Waals surface area contributed by atoms with Gasteiger partial charge in [0.1, 0.15) is 0 Å². The van der Waals surface area contributed by atoms with Crippen molar-refractivity contribution < 1.29 is 74.0 Å². The molecule has 10 nitrogen and oxygen atoms in total.